The van der Waals surface area contributed by atoms with Gasteiger partial charge in [0.15, 0.2) is 6.61 Å². The maximum absolute atomic E-state index is 12.5. The van der Waals surface area contributed by atoms with Crippen molar-refractivity contribution >= 4 is 23.3 Å². The Morgan fingerprint density at radius 1 is 1.21 bits per heavy atom. The Balaban J connectivity index is 2.26. The third-order valence-electron chi connectivity index (χ3n) is 4.24. The first-order chi connectivity index (χ1) is 13.2. The van der Waals surface area contributed by atoms with Crippen LogP contribution >= 0.6 is 0 Å². The molecule has 9 heteroatoms. The number of nitrogens with zero attached hydrogens (tertiary/aromatic N) is 3. The van der Waals surface area contributed by atoms with E-state index in [4.69, 9.17) is 10.5 Å². The van der Waals surface area contributed by atoms with Gasteiger partial charge in [-0.3, -0.25) is 18.7 Å². The second kappa shape index (κ2) is 8.55. The zero-order valence-electron chi connectivity index (χ0n) is 16.4. The third-order valence-corrected chi connectivity index (χ3v) is 4.24. The van der Waals surface area contributed by atoms with Gasteiger partial charge >= 0.3 is 11.7 Å². The van der Waals surface area contributed by atoms with Gasteiger partial charge in [-0.2, -0.15) is 0 Å². The molecule has 28 heavy (non-hydrogen) atoms. The number of ketones is 1. The molecule has 0 radical (unpaired) electrons. The molecule has 0 aliphatic carbocycles. The largest absolute Gasteiger partial charge is 0.454 e. The van der Waals surface area contributed by atoms with Gasteiger partial charge in [-0.1, -0.05) is 13.0 Å². The van der Waals surface area contributed by atoms with E-state index < -0.39 is 29.6 Å². The van der Waals surface area contributed by atoms with E-state index in [1.54, 1.807) is 18.2 Å². The third kappa shape index (κ3) is 4.13. The molecule has 9 nitrogen and oxygen atoms in total. The fourth-order valence-electron chi connectivity index (χ4n) is 2.68. The predicted molar refractivity (Wildman–Crippen MR) is 106 cm³/mol. The van der Waals surface area contributed by atoms with Crippen molar-refractivity contribution in [3.8, 4) is 0 Å². The summed E-state index contributed by atoms with van der Waals surface area (Å²) in [6.07, 6.45) is 0.590. The summed E-state index contributed by atoms with van der Waals surface area (Å²) in [5.74, 6) is -1.68. The quantitative estimate of drug-likeness (QED) is 0.546. The number of hydrogen-bond donors (Lipinski definition) is 1. The van der Waals surface area contributed by atoms with Crippen LogP contribution in [-0.2, 0) is 18.3 Å². The van der Waals surface area contributed by atoms with E-state index in [1.165, 1.54) is 7.05 Å². The number of nitrogen functional groups attached to an aromatic ring is 1. The molecule has 0 saturated carbocycles. The van der Waals surface area contributed by atoms with Crippen LogP contribution in [0.5, 0.6) is 0 Å². The second-order valence-electron chi connectivity index (χ2n) is 6.50. The summed E-state index contributed by atoms with van der Waals surface area (Å²) in [5.41, 5.74) is 5.20. The monoisotopic (exact) mass is 388 g/mol. The highest BCUT2D eigenvalue weighted by molar-refractivity contribution is 6.02. The first-order valence-electron chi connectivity index (χ1n) is 8.76. The second-order valence-corrected chi connectivity index (χ2v) is 6.50. The molecule has 0 spiro atoms. The smallest absolute Gasteiger partial charge is 0.338 e. The fourth-order valence-corrected chi connectivity index (χ4v) is 2.68. The van der Waals surface area contributed by atoms with Gasteiger partial charge in [-0.15, -0.1) is 0 Å². The number of esters is 1. The Morgan fingerprint density at radius 2 is 1.89 bits per heavy atom. The van der Waals surface area contributed by atoms with Crippen LogP contribution in [0.2, 0.25) is 0 Å². The summed E-state index contributed by atoms with van der Waals surface area (Å²) in [6, 6.07) is 6.71. The highest BCUT2D eigenvalue weighted by atomic mass is 16.5. The number of anilines is 2. The summed E-state index contributed by atoms with van der Waals surface area (Å²) < 4.78 is 7.05. The topological polar surface area (TPSA) is 117 Å². The van der Waals surface area contributed by atoms with Gasteiger partial charge in [0.1, 0.15) is 11.4 Å². The van der Waals surface area contributed by atoms with Crippen LogP contribution in [0, 0.1) is 0 Å². The molecule has 1 aromatic heterocycles. The van der Waals surface area contributed by atoms with Crippen molar-refractivity contribution in [3.05, 3.63) is 56.2 Å². The number of Topliss-reactive ketones (excluding diaryl/α,β-unsaturated/α-hetero) is 1. The SMILES string of the molecule is CCCn1c(N)c(C(=O)COC(=O)c2cccc(N(C)C)c2)c(=O)n(C)c1=O. The van der Waals surface area contributed by atoms with Gasteiger partial charge in [-0.05, 0) is 24.6 Å². The van der Waals surface area contributed by atoms with Gasteiger partial charge in [0.2, 0.25) is 5.78 Å². The van der Waals surface area contributed by atoms with Crippen LogP contribution in [0.15, 0.2) is 33.9 Å². The molecule has 2 rings (SSSR count). The molecule has 150 valence electrons. The van der Waals surface area contributed by atoms with E-state index >= 15 is 0 Å². The number of rotatable bonds is 7. The van der Waals surface area contributed by atoms with Crippen LogP contribution in [0.1, 0.15) is 34.1 Å². The molecule has 1 aromatic carbocycles. The van der Waals surface area contributed by atoms with Crippen molar-refractivity contribution in [1.29, 1.82) is 0 Å². The molecule has 1 heterocycles. The van der Waals surface area contributed by atoms with Crippen LogP contribution < -0.4 is 21.9 Å². The normalized spacial score (nSPS) is 10.6. The summed E-state index contributed by atoms with van der Waals surface area (Å²) in [4.78, 5) is 51.1. The highest BCUT2D eigenvalue weighted by Gasteiger charge is 2.22. The van der Waals surface area contributed by atoms with Crippen molar-refractivity contribution in [3.63, 3.8) is 0 Å². The molecule has 0 aliphatic heterocycles. The maximum atomic E-state index is 12.5. The number of nitrogens with two attached hydrogens (primary N) is 1. The average Bonchev–Trinajstić information content (AvgIpc) is 2.68. The molecule has 2 N–H and O–H groups in total. The number of aromatic nitrogens is 2. The fraction of sp³-hybridized carbons (Fsp3) is 0.368. The number of carbonyl (C=O) groups is 2. The molecule has 0 unspecified atom stereocenters. The molecule has 2 aromatic rings. The average molecular weight is 388 g/mol. The Kier molecular flexibility index (Phi) is 6.40. The lowest BCUT2D eigenvalue weighted by Gasteiger charge is -2.14. The Bertz CT molecular complexity index is 1020. The van der Waals surface area contributed by atoms with Gasteiger partial charge in [0.25, 0.3) is 5.56 Å². The van der Waals surface area contributed by atoms with Crippen molar-refractivity contribution in [2.24, 2.45) is 7.05 Å². The Morgan fingerprint density at radius 3 is 2.50 bits per heavy atom. The molecule has 0 fully saturated rings. The minimum Gasteiger partial charge on any atom is -0.454 e. The van der Waals surface area contributed by atoms with Gasteiger partial charge in [-0.25, -0.2) is 9.59 Å². The number of carbonyl (C=O) groups excluding carboxylic acids is 2. The van der Waals surface area contributed by atoms with Crippen molar-refractivity contribution < 1.29 is 14.3 Å². The highest BCUT2D eigenvalue weighted by Crippen LogP contribution is 2.14. The standard InChI is InChI=1S/C19H24N4O5/c1-5-9-23-16(20)15(17(25)22(4)19(23)27)14(24)11-28-18(26)12-7-6-8-13(10-12)21(2)3/h6-8,10H,5,9,11,20H2,1-4H3. The molecule has 0 saturated heterocycles. The number of ether oxygens (including phenoxy) is 1. The lowest BCUT2D eigenvalue weighted by Crippen LogP contribution is -2.43. The first-order valence-corrected chi connectivity index (χ1v) is 8.76. The molecular weight excluding hydrogens is 364 g/mol. The summed E-state index contributed by atoms with van der Waals surface area (Å²) in [7, 11) is 4.93. The Hall–Kier alpha value is -3.36. The zero-order chi connectivity index (χ0) is 21.0. The Labute approximate surface area is 161 Å². The first kappa shape index (κ1) is 20.9. The lowest BCUT2D eigenvalue weighted by atomic mass is 10.2. The van der Waals surface area contributed by atoms with E-state index in [2.05, 4.69) is 0 Å². The molecule has 0 aliphatic rings. The predicted octanol–water partition coefficient (Wildman–Crippen LogP) is 0.645. The van der Waals surface area contributed by atoms with Gasteiger partial charge in [0, 0.05) is 33.4 Å². The van der Waals surface area contributed by atoms with Crippen LogP contribution in [0.3, 0.4) is 0 Å². The van der Waals surface area contributed by atoms with Gasteiger partial charge < -0.3 is 15.4 Å². The summed E-state index contributed by atoms with van der Waals surface area (Å²) in [6.45, 7) is 1.44. The minimum atomic E-state index is -0.814. The minimum absolute atomic E-state index is 0.217. The van der Waals surface area contributed by atoms with Crippen molar-refractivity contribution in [1.82, 2.24) is 9.13 Å². The van der Waals surface area contributed by atoms with Crippen molar-refractivity contribution in [2.75, 3.05) is 31.3 Å². The van der Waals surface area contributed by atoms with E-state index in [0.717, 1.165) is 14.8 Å². The summed E-state index contributed by atoms with van der Waals surface area (Å²) in [5, 5.41) is 0. The van der Waals surface area contributed by atoms with Crippen LogP contribution in [0.4, 0.5) is 11.5 Å². The van der Waals surface area contributed by atoms with E-state index in [9.17, 15) is 19.2 Å². The zero-order valence-corrected chi connectivity index (χ0v) is 16.4. The number of benzene rings is 1. The summed E-state index contributed by atoms with van der Waals surface area (Å²) >= 11 is 0. The van der Waals surface area contributed by atoms with E-state index in [-0.39, 0.29) is 23.5 Å². The van der Waals surface area contributed by atoms with Crippen LogP contribution in [-0.4, -0.2) is 41.6 Å². The maximum Gasteiger partial charge on any atom is 0.338 e. The lowest BCUT2D eigenvalue weighted by molar-refractivity contribution is 0.0474. The molecule has 0 amide bonds. The number of hydrogen-bond acceptors (Lipinski definition) is 7. The molecule has 0 atom stereocenters. The van der Waals surface area contributed by atoms with E-state index in [1.807, 2.05) is 32.0 Å². The van der Waals surface area contributed by atoms with Crippen LogP contribution in [0.25, 0.3) is 0 Å². The molecule has 0 bridgehead atoms. The molecular formula is C19H24N4O5. The van der Waals surface area contributed by atoms with E-state index in [0.29, 0.717) is 6.42 Å². The van der Waals surface area contributed by atoms with Crippen molar-refractivity contribution in [2.45, 2.75) is 19.9 Å². The van der Waals surface area contributed by atoms with Gasteiger partial charge in [0.05, 0.1) is 5.56 Å².